The minimum atomic E-state index is 0.770. The summed E-state index contributed by atoms with van der Waals surface area (Å²) in [7, 11) is 0. The van der Waals surface area contributed by atoms with E-state index in [0.717, 1.165) is 5.92 Å². The molecule has 0 nitrogen and oxygen atoms in total. The fraction of sp³-hybridized carbons (Fsp3) is 0.556. The summed E-state index contributed by atoms with van der Waals surface area (Å²) in [5, 5.41) is 0. The Morgan fingerprint density at radius 2 is 1.67 bits per heavy atom. The average Bonchev–Trinajstić information content (AvgIpc) is 2.42. The Morgan fingerprint density at radius 3 is 2.33 bits per heavy atom. The van der Waals surface area contributed by atoms with Crippen LogP contribution in [0.5, 0.6) is 0 Å². The zero-order valence-corrected chi connectivity index (χ0v) is 12.1. The molecular formula is C18H28. The van der Waals surface area contributed by atoms with Crippen molar-refractivity contribution >= 4 is 6.08 Å². The van der Waals surface area contributed by atoms with Gasteiger partial charge < -0.3 is 0 Å². The van der Waals surface area contributed by atoms with Crippen molar-refractivity contribution in [2.24, 2.45) is 5.92 Å². The number of allylic oxidation sites excluding steroid dienone is 1. The third kappa shape index (κ3) is 6.64. The van der Waals surface area contributed by atoms with E-state index in [2.05, 4.69) is 56.3 Å². The van der Waals surface area contributed by atoms with Crippen LogP contribution in [-0.2, 0) is 0 Å². The molecule has 0 aliphatic heterocycles. The van der Waals surface area contributed by atoms with E-state index < -0.39 is 0 Å². The van der Waals surface area contributed by atoms with E-state index in [1.807, 2.05) is 0 Å². The Kier molecular flexibility index (Phi) is 8.29. The molecular weight excluding hydrogens is 216 g/mol. The molecule has 0 aliphatic carbocycles. The van der Waals surface area contributed by atoms with Crippen LogP contribution in [0.25, 0.3) is 6.08 Å². The van der Waals surface area contributed by atoms with E-state index in [1.54, 1.807) is 0 Å². The molecule has 1 unspecified atom stereocenters. The van der Waals surface area contributed by atoms with Crippen LogP contribution >= 0.6 is 0 Å². The zero-order chi connectivity index (χ0) is 13.1. The van der Waals surface area contributed by atoms with Crippen LogP contribution in [0.15, 0.2) is 36.4 Å². The number of hydrogen-bond donors (Lipinski definition) is 0. The summed E-state index contributed by atoms with van der Waals surface area (Å²) < 4.78 is 0. The number of hydrogen-bond acceptors (Lipinski definition) is 0. The standard InChI is InChI=1S/C18H28/c1-3-5-6-8-12-17(11-4-2)15-16-18-13-9-7-10-14-18/h7,9-10,13-17H,3-6,8,11-12H2,1-2H3. The molecule has 0 N–H and O–H groups in total. The second kappa shape index (κ2) is 9.94. The van der Waals surface area contributed by atoms with Gasteiger partial charge in [-0.3, -0.25) is 0 Å². The van der Waals surface area contributed by atoms with E-state index in [9.17, 15) is 0 Å². The molecule has 0 fully saturated rings. The summed E-state index contributed by atoms with van der Waals surface area (Å²) in [6, 6.07) is 10.6. The molecule has 18 heavy (non-hydrogen) atoms. The van der Waals surface area contributed by atoms with Crippen LogP contribution in [-0.4, -0.2) is 0 Å². The molecule has 0 amide bonds. The molecule has 0 spiro atoms. The predicted molar refractivity (Wildman–Crippen MR) is 82.6 cm³/mol. The van der Waals surface area contributed by atoms with E-state index in [1.165, 1.54) is 50.5 Å². The minimum Gasteiger partial charge on any atom is -0.0808 e. The Balaban J connectivity index is 2.39. The van der Waals surface area contributed by atoms with Crippen molar-refractivity contribution in [2.45, 2.75) is 58.8 Å². The lowest BCUT2D eigenvalue weighted by Crippen LogP contribution is -1.96. The first-order valence-electron chi connectivity index (χ1n) is 7.60. The molecule has 1 aromatic rings. The highest BCUT2D eigenvalue weighted by atomic mass is 14.1. The summed E-state index contributed by atoms with van der Waals surface area (Å²) in [5.74, 6) is 0.770. The van der Waals surface area contributed by atoms with Gasteiger partial charge in [0, 0.05) is 0 Å². The lowest BCUT2D eigenvalue weighted by Gasteiger charge is -2.11. The molecule has 0 heterocycles. The van der Waals surface area contributed by atoms with Crippen LogP contribution < -0.4 is 0 Å². The SMILES string of the molecule is CCCCCCC(C=Cc1ccccc1)CCC. The number of unbranched alkanes of at least 4 members (excludes halogenated alkanes) is 3. The van der Waals surface area contributed by atoms with Gasteiger partial charge in [0.2, 0.25) is 0 Å². The molecule has 1 aromatic carbocycles. The Morgan fingerprint density at radius 1 is 0.889 bits per heavy atom. The summed E-state index contributed by atoms with van der Waals surface area (Å²) in [6.45, 7) is 4.56. The fourth-order valence-electron chi connectivity index (χ4n) is 2.35. The Hall–Kier alpha value is -1.04. The lowest BCUT2D eigenvalue weighted by molar-refractivity contribution is 0.497. The molecule has 100 valence electrons. The molecule has 1 rings (SSSR count). The third-order valence-electron chi connectivity index (χ3n) is 3.45. The van der Waals surface area contributed by atoms with Crippen molar-refractivity contribution < 1.29 is 0 Å². The first-order chi connectivity index (χ1) is 8.86. The first kappa shape index (κ1) is 15.0. The average molecular weight is 244 g/mol. The smallest absolute Gasteiger partial charge is 0.0230 e. The highest BCUT2D eigenvalue weighted by Gasteiger charge is 2.03. The first-order valence-corrected chi connectivity index (χ1v) is 7.60. The molecule has 0 saturated heterocycles. The van der Waals surface area contributed by atoms with Crippen LogP contribution in [0.2, 0.25) is 0 Å². The zero-order valence-electron chi connectivity index (χ0n) is 12.1. The summed E-state index contributed by atoms with van der Waals surface area (Å²) in [4.78, 5) is 0. The normalized spacial score (nSPS) is 13.0. The van der Waals surface area contributed by atoms with Crippen molar-refractivity contribution in [3.8, 4) is 0 Å². The van der Waals surface area contributed by atoms with E-state index in [-0.39, 0.29) is 0 Å². The molecule has 0 radical (unpaired) electrons. The van der Waals surface area contributed by atoms with E-state index >= 15 is 0 Å². The van der Waals surface area contributed by atoms with Crippen molar-refractivity contribution in [3.63, 3.8) is 0 Å². The van der Waals surface area contributed by atoms with E-state index in [4.69, 9.17) is 0 Å². The van der Waals surface area contributed by atoms with Crippen molar-refractivity contribution in [3.05, 3.63) is 42.0 Å². The van der Waals surface area contributed by atoms with Gasteiger partial charge in [-0.1, -0.05) is 88.4 Å². The number of rotatable bonds is 9. The van der Waals surface area contributed by atoms with Gasteiger partial charge >= 0.3 is 0 Å². The second-order valence-corrected chi connectivity index (χ2v) is 5.17. The topological polar surface area (TPSA) is 0 Å². The Bertz CT molecular complexity index is 310. The number of benzene rings is 1. The van der Waals surface area contributed by atoms with Crippen LogP contribution in [0.1, 0.15) is 64.4 Å². The highest BCUT2D eigenvalue weighted by Crippen LogP contribution is 2.19. The third-order valence-corrected chi connectivity index (χ3v) is 3.45. The molecule has 0 heteroatoms. The largest absolute Gasteiger partial charge is 0.0808 e. The summed E-state index contributed by atoms with van der Waals surface area (Å²) in [6.07, 6.45) is 14.2. The molecule has 1 atom stereocenters. The maximum absolute atomic E-state index is 2.42. The van der Waals surface area contributed by atoms with Gasteiger partial charge in [0.05, 0.1) is 0 Å². The predicted octanol–water partition coefficient (Wildman–Crippen LogP) is 6.09. The quantitative estimate of drug-likeness (QED) is 0.461. The van der Waals surface area contributed by atoms with Crippen LogP contribution in [0.4, 0.5) is 0 Å². The monoisotopic (exact) mass is 244 g/mol. The van der Waals surface area contributed by atoms with Crippen molar-refractivity contribution in [2.75, 3.05) is 0 Å². The van der Waals surface area contributed by atoms with Gasteiger partial charge in [0.15, 0.2) is 0 Å². The maximum Gasteiger partial charge on any atom is -0.0230 e. The highest BCUT2D eigenvalue weighted by molar-refractivity contribution is 5.48. The van der Waals surface area contributed by atoms with Gasteiger partial charge in [0.1, 0.15) is 0 Å². The van der Waals surface area contributed by atoms with Crippen LogP contribution in [0.3, 0.4) is 0 Å². The van der Waals surface area contributed by atoms with Crippen molar-refractivity contribution in [1.82, 2.24) is 0 Å². The maximum atomic E-state index is 2.42. The van der Waals surface area contributed by atoms with Gasteiger partial charge in [-0.05, 0) is 24.3 Å². The minimum absolute atomic E-state index is 0.770. The summed E-state index contributed by atoms with van der Waals surface area (Å²) in [5.41, 5.74) is 1.33. The van der Waals surface area contributed by atoms with Gasteiger partial charge in [-0.2, -0.15) is 0 Å². The molecule has 0 aromatic heterocycles. The molecule has 0 bridgehead atoms. The lowest BCUT2D eigenvalue weighted by atomic mass is 9.95. The fourth-order valence-corrected chi connectivity index (χ4v) is 2.35. The summed E-state index contributed by atoms with van der Waals surface area (Å²) >= 11 is 0. The van der Waals surface area contributed by atoms with Crippen LogP contribution in [0, 0.1) is 5.92 Å². The molecule has 0 aliphatic rings. The second-order valence-electron chi connectivity index (χ2n) is 5.17. The van der Waals surface area contributed by atoms with Crippen molar-refractivity contribution in [1.29, 1.82) is 0 Å². The molecule has 0 saturated carbocycles. The Labute approximate surface area is 113 Å². The van der Waals surface area contributed by atoms with Gasteiger partial charge in [0.25, 0.3) is 0 Å². The van der Waals surface area contributed by atoms with E-state index in [0.29, 0.717) is 0 Å². The van der Waals surface area contributed by atoms with Gasteiger partial charge in [-0.15, -0.1) is 0 Å². The van der Waals surface area contributed by atoms with Gasteiger partial charge in [-0.25, -0.2) is 0 Å².